The second-order valence-corrected chi connectivity index (χ2v) is 9.34. The predicted molar refractivity (Wildman–Crippen MR) is 131 cm³/mol. The molecule has 0 saturated heterocycles. The first-order valence-corrected chi connectivity index (χ1v) is 11.7. The van der Waals surface area contributed by atoms with Crippen molar-refractivity contribution in [3.8, 4) is 5.75 Å². The van der Waals surface area contributed by atoms with Crippen LogP contribution in [0, 0.1) is 11.8 Å². The van der Waals surface area contributed by atoms with E-state index in [0.717, 1.165) is 0 Å². The molecule has 12 heteroatoms. The first-order valence-electron chi connectivity index (χ1n) is 11.7. The molecule has 0 heterocycles. The minimum Gasteiger partial charge on any atom is -0.508 e. The Morgan fingerprint density at radius 3 is 1.83 bits per heavy atom. The van der Waals surface area contributed by atoms with E-state index in [2.05, 4.69) is 16.0 Å². The molecule has 0 saturated carbocycles. The molecule has 1 rings (SSSR count). The van der Waals surface area contributed by atoms with Crippen LogP contribution in [0.2, 0.25) is 0 Å². The number of nitrogens with two attached hydrogens (primary N) is 2. The fraction of sp³-hybridized carbons (Fsp3) is 0.542. The van der Waals surface area contributed by atoms with Gasteiger partial charge in [-0.15, -0.1) is 0 Å². The van der Waals surface area contributed by atoms with Gasteiger partial charge in [-0.1, -0.05) is 39.8 Å². The average molecular weight is 508 g/mol. The lowest BCUT2D eigenvalue weighted by Gasteiger charge is -2.26. The first-order chi connectivity index (χ1) is 16.7. The van der Waals surface area contributed by atoms with Crippen LogP contribution in [0.4, 0.5) is 0 Å². The lowest BCUT2D eigenvalue weighted by Crippen LogP contribution is -2.58. The first kappa shape index (κ1) is 30.4. The molecule has 200 valence electrons. The van der Waals surface area contributed by atoms with Crippen molar-refractivity contribution in [1.29, 1.82) is 0 Å². The number of rotatable bonds is 14. The van der Waals surface area contributed by atoms with E-state index < -0.39 is 59.7 Å². The monoisotopic (exact) mass is 507 g/mol. The van der Waals surface area contributed by atoms with Crippen molar-refractivity contribution in [2.75, 3.05) is 0 Å². The Morgan fingerprint density at radius 1 is 0.833 bits per heavy atom. The number of hydrogen-bond donors (Lipinski definition) is 7. The van der Waals surface area contributed by atoms with Gasteiger partial charge < -0.3 is 37.6 Å². The van der Waals surface area contributed by atoms with Gasteiger partial charge in [-0.25, -0.2) is 4.79 Å². The fourth-order valence-corrected chi connectivity index (χ4v) is 3.24. The molecule has 0 spiro atoms. The summed E-state index contributed by atoms with van der Waals surface area (Å²) in [5.74, 6) is -4.70. The molecule has 4 atom stereocenters. The van der Waals surface area contributed by atoms with Crippen molar-refractivity contribution >= 4 is 29.6 Å². The SMILES string of the molecule is CC(C)C(N)C(=O)NC(CCC(N)=O)C(=O)NC(Cc1ccc(O)cc1)C(=O)NC(C(=O)O)C(C)C. The number of phenolic OH excluding ortho intramolecular Hbond substituents is 1. The van der Waals surface area contributed by atoms with Crippen molar-refractivity contribution in [1.82, 2.24) is 16.0 Å². The maximum absolute atomic E-state index is 13.1. The minimum absolute atomic E-state index is 0.00487. The van der Waals surface area contributed by atoms with Gasteiger partial charge in [0.1, 0.15) is 23.9 Å². The topological polar surface area (TPSA) is 214 Å². The number of amides is 4. The lowest BCUT2D eigenvalue weighted by molar-refractivity contribution is -0.143. The molecule has 0 aromatic heterocycles. The fourth-order valence-electron chi connectivity index (χ4n) is 3.24. The van der Waals surface area contributed by atoms with Gasteiger partial charge in [-0.05, 0) is 36.0 Å². The van der Waals surface area contributed by atoms with Crippen molar-refractivity contribution in [3.63, 3.8) is 0 Å². The van der Waals surface area contributed by atoms with E-state index in [9.17, 15) is 34.2 Å². The molecule has 0 aliphatic heterocycles. The summed E-state index contributed by atoms with van der Waals surface area (Å²) in [5, 5.41) is 26.5. The lowest BCUT2D eigenvalue weighted by atomic mass is 10.0. The number of benzene rings is 1. The Hall–Kier alpha value is -3.67. The van der Waals surface area contributed by atoms with Crippen LogP contribution < -0.4 is 27.4 Å². The van der Waals surface area contributed by atoms with Crippen molar-refractivity contribution in [3.05, 3.63) is 29.8 Å². The largest absolute Gasteiger partial charge is 0.508 e. The van der Waals surface area contributed by atoms with Crippen LogP contribution in [0.15, 0.2) is 24.3 Å². The Kier molecular flexibility index (Phi) is 11.8. The summed E-state index contributed by atoms with van der Waals surface area (Å²) >= 11 is 0. The highest BCUT2D eigenvalue weighted by Gasteiger charge is 2.32. The summed E-state index contributed by atoms with van der Waals surface area (Å²) in [6.45, 7) is 6.71. The van der Waals surface area contributed by atoms with E-state index in [-0.39, 0.29) is 30.9 Å². The van der Waals surface area contributed by atoms with Crippen molar-refractivity contribution < 1.29 is 34.2 Å². The number of aromatic hydroxyl groups is 1. The van der Waals surface area contributed by atoms with Crippen LogP contribution in [-0.4, -0.2) is 64.0 Å². The Balaban J connectivity index is 3.19. The van der Waals surface area contributed by atoms with Gasteiger partial charge >= 0.3 is 5.97 Å². The van der Waals surface area contributed by atoms with Crippen molar-refractivity contribution in [2.45, 2.75) is 71.1 Å². The Morgan fingerprint density at radius 2 is 1.36 bits per heavy atom. The van der Waals surface area contributed by atoms with E-state index in [1.807, 2.05) is 0 Å². The molecule has 1 aromatic rings. The Bertz CT molecular complexity index is 933. The summed E-state index contributed by atoms with van der Waals surface area (Å²) in [4.78, 5) is 61.6. The minimum atomic E-state index is -1.23. The summed E-state index contributed by atoms with van der Waals surface area (Å²) in [5.41, 5.74) is 11.6. The molecule has 0 radical (unpaired) electrons. The molecule has 4 unspecified atom stereocenters. The zero-order valence-corrected chi connectivity index (χ0v) is 21.0. The average Bonchev–Trinajstić information content (AvgIpc) is 2.79. The molecule has 0 fully saturated rings. The third-order valence-electron chi connectivity index (χ3n) is 5.57. The third kappa shape index (κ3) is 9.90. The molecule has 0 aliphatic rings. The highest BCUT2D eigenvalue weighted by atomic mass is 16.4. The molecule has 1 aromatic carbocycles. The number of carboxylic acid groups (broad SMARTS) is 1. The van der Waals surface area contributed by atoms with E-state index >= 15 is 0 Å². The molecule has 12 nitrogen and oxygen atoms in total. The zero-order valence-electron chi connectivity index (χ0n) is 21.0. The van der Waals surface area contributed by atoms with Gasteiger partial charge in [0.25, 0.3) is 0 Å². The summed E-state index contributed by atoms with van der Waals surface area (Å²) in [6, 6.07) is 1.35. The number of carbonyl (C=O) groups excluding carboxylic acids is 4. The standard InChI is InChI=1S/C24H37N5O7/c1-12(2)19(26)23(34)27-16(9-10-18(25)31)21(32)28-17(11-14-5-7-15(30)8-6-14)22(33)29-20(13(3)4)24(35)36/h5-8,12-13,16-17,19-20,30H,9-11,26H2,1-4H3,(H2,25,31)(H,27,34)(H,28,32)(H,29,33)(H,35,36). The van der Waals surface area contributed by atoms with E-state index in [4.69, 9.17) is 11.5 Å². The normalized spacial score (nSPS) is 14.4. The van der Waals surface area contributed by atoms with Gasteiger partial charge in [-0.2, -0.15) is 0 Å². The molecule has 0 aliphatic carbocycles. The van der Waals surface area contributed by atoms with Crippen LogP contribution >= 0.6 is 0 Å². The van der Waals surface area contributed by atoms with Crippen LogP contribution in [0.3, 0.4) is 0 Å². The number of aliphatic carboxylic acids is 1. The number of carbonyl (C=O) groups is 5. The highest BCUT2D eigenvalue weighted by molar-refractivity contribution is 5.94. The molecule has 36 heavy (non-hydrogen) atoms. The van der Waals surface area contributed by atoms with Gasteiger partial charge in [0, 0.05) is 12.8 Å². The second-order valence-electron chi connectivity index (χ2n) is 9.34. The second kappa shape index (κ2) is 14.0. The smallest absolute Gasteiger partial charge is 0.326 e. The van der Waals surface area contributed by atoms with E-state index in [1.165, 1.54) is 12.1 Å². The number of phenols is 1. The van der Waals surface area contributed by atoms with E-state index in [0.29, 0.717) is 5.56 Å². The highest BCUT2D eigenvalue weighted by Crippen LogP contribution is 2.13. The third-order valence-corrected chi connectivity index (χ3v) is 5.57. The molecule has 0 bridgehead atoms. The summed E-state index contributed by atoms with van der Waals surface area (Å²) in [6.07, 6.45) is -0.377. The van der Waals surface area contributed by atoms with Crippen LogP contribution in [0.25, 0.3) is 0 Å². The predicted octanol–water partition coefficient (Wildman–Crippen LogP) is -0.621. The summed E-state index contributed by atoms with van der Waals surface area (Å²) < 4.78 is 0. The van der Waals surface area contributed by atoms with Gasteiger partial charge in [0.05, 0.1) is 6.04 Å². The maximum Gasteiger partial charge on any atom is 0.326 e. The van der Waals surface area contributed by atoms with Crippen LogP contribution in [0.1, 0.15) is 46.1 Å². The number of nitrogens with one attached hydrogen (secondary N) is 3. The quantitative estimate of drug-likeness (QED) is 0.172. The molecular formula is C24H37N5O7. The number of primary amides is 1. The van der Waals surface area contributed by atoms with Crippen LogP contribution in [0.5, 0.6) is 5.75 Å². The van der Waals surface area contributed by atoms with Gasteiger partial charge in [0.2, 0.25) is 23.6 Å². The summed E-state index contributed by atoms with van der Waals surface area (Å²) in [7, 11) is 0. The molecule has 9 N–H and O–H groups in total. The Labute approximate surface area is 210 Å². The number of hydrogen-bond acceptors (Lipinski definition) is 7. The number of carboxylic acids is 1. The maximum atomic E-state index is 13.1. The van der Waals surface area contributed by atoms with E-state index in [1.54, 1.807) is 39.8 Å². The molecular weight excluding hydrogens is 470 g/mol. The van der Waals surface area contributed by atoms with Crippen LogP contribution in [-0.2, 0) is 30.4 Å². The van der Waals surface area contributed by atoms with Gasteiger partial charge in [-0.3, -0.25) is 19.2 Å². The molecule has 4 amide bonds. The van der Waals surface area contributed by atoms with Gasteiger partial charge in [0.15, 0.2) is 0 Å². The van der Waals surface area contributed by atoms with Crippen molar-refractivity contribution in [2.24, 2.45) is 23.3 Å². The zero-order chi connectivity index (χ0) is 27.6.